The van der Waals surface area contributed by atoms with Crippen molar-refractivity contribution in [1.29, 1.82) is 0 Å². The van der Waals surface area contributed by atoms with Crippen molar-refractivity contribution in [3.63, 3.8) is 0 Å². The summed E-state index contributed by atoms with van der Waals surface area (Å²) in [6.07, 6.45) is 7.31. The summed E-state index contributed by atoms with van der Waals surface area (Å²) in [7, 11) is 5.41. The highest BCUT2D eigenvalue weighted by Crippen LogP contribution is 2.69. The van der Waals surface area contributed by atoms with Crippen molar-refractivity contribution in [2.45, 2.75) is 104 Å². The van der Waals surface area contributed by atoms with E-state index < -0.39 is 0 Å². The van der Waals surface area contributed by atoms with Gasteiger partial charge in [-0.15, -0.1) is 0 Å². The molecule has 1 aromatic rings. The maximum atomic E-state index is 14.0. The van der Waals surface area contributed by atoms with Gasteiger partial charge in [0.15, 0.2) is 5.96 Å². The van der Waals surface area contributed by atoms with Crippen LogP contribution in [0.25, 0.3) is 0 Å². The van der Waals surface area contributed by atoms with E-state index in [4.69, 9.17) is 14.2 Å². The summed E-state index contributed by atoms with van der Waals surface area (Å²) in [5, 5.41) is 7.04. The predicted molar refractivity (Wildman–Crippen MR) is 189 cm³/mol. The van der Waals surface area contributed by atoms with Gasteiger partial charge in [-0.1, -0.05) is 20.8 Å². The minimum absolute atomic E-state index is 0.0261. The number of fused-ring (bicyclic) bond motifs is 5. The second kappa shape index (κ2) is 14.1. The molecule has 0 unspecified atom stereocenters. The molecule has 0 saturated heterocycles. The lowest BCUT2D eigenvalue weighted by Crippen LogP contribution is -2.64. The second-order valence-electron chi connectivity index (χ2n) is 16.4. The zero-order chi connectivity index (χ0) is 35.1. The van der Waals surface area contributed by atoms with Gasteiger partial charge >= 0.3 is 17.9 Å². The second-order valence-corrected chi connectivity index (χ2v) is 16.4. The number of esters is 3. The Kier molecular flexibility index (Phi) is 10.3. The number of ether oxygens (including phenoxy) is 3. The summed E-state index contributed by atoms with van der Waals surface area (Å²) >= 11 is 0. The number of nitrogens with zero attached hydrogens (tertiary/aromatic N) is 2. The minimum Gasteiger partial charge on any atom is -0.469 e. The highest BCUT2D eigenvalue weighted by molar-refractivity contribution is 5.90. The maximum absolute atomic E-state index is 14.0. The Hall–Kier alpha value is -3.30. The van der Waals surface area contributed by atoms with Gasteiger partial charge in [-0.25, -0.2) is 4.79 Å². The van der Waals surface area contributed by atoms with Crippen LogP contribution in [0.2, 0.25) is 0 Å². The van der Waals surface area contributed by atoms with Crippen LogP contribution >= 0.6 is 0 Å². The van der Waals surface area contributed by atoms with E-state index in [0.29, 0.717) is 23.9 Å². The van der Waals surface area contributed by atoms with E-state index in [0.717, 1.165) is 76.1 Å². The molecule has 4 fully saturated rings. The van der Waals surface area contributed by atoms with Crippen molar-refractivity contribution in [2.75, 3.05) is 39.2 Å². The molecule has 5 aliphatic rings. The van der Waals surface area contributed by atoms with E-state index >= 15 is 0 Å². The van der Waals surface area contributed by atoms with Crippen LogP contribution in [0.1, 0.15) is 95.8 Å². The molecule has 0 aromatic heterocycles. The number of carbonyl (C=O) groups is 3. The molecule has 1 aliphatic heterocycles. The Labute approximate surface area is 292 Å². The van der Waals surface area contributed by atoms with Crippen LogP contribution < -0.4 is 15.5 Å². The van der Waals surface area contributed by atoms with E-state index in [-0.39, 0.29) is 70.5 Å². The van der Waals surface area contributed by atoms with Crippen LogP contribution in [0, 0.1) is 46.3 Å². The molecule has 270 valence electrons. The predicted octanol–water partition coefficient (Wildman–Crippen LogP) is 5.60. The molecule has 1 heterocycles. The highest BCUT2D eigenvalue weighted by atomic mass is 16.6. The Morgan fingerprint density at radius 1 is 1.04 bits per heavy atom. The van der Waals surface area contributed by atoms with Crippen LogP contribution in [0.3, 0.4) is 0 Å². The van der Waals surface area contributed by atoms with Gasteiger partial charge in [0.2, 0.25) is 0 Å². The molecule has 11 atom stereocenters. The summed E-state index contributed by atoms with van der Waals surface area (Å²) < 4.78 is 18.0. The van der Waals surface area contributed by atoms with Gasteiger partial charge < -0.3 is 29.7 Å². The van der Waals surface area contributed by atoms with E-state index in [2.05, 4.69) is 36.4 Å². The fourth-order valence-corrected chi connectivity index (χ4v) is 11.2. The summed E-state index contributed by atoms with van der Waals surface area (Å²) in [6, 6.07) is 7.96. The number of anilines is 1. The number of carbonyl (C=O) groups excluding carboxylic acids is 3. The SMILES string of the molecule is COC(=O)CC[C@@H](C)[C@H]1CC[C@H]2[C@@H]3[C@H](OC(C)=O)C[C@@H]4C[C@H](NC5=NCCN5)CC[C@]4(C)[C@H]3C[C@H](OC(=O)c3ccc(N(C)C)cc3)[C@]12C. The first kappa shape index (κ1) is 35.5. The van der Waals surface area contributed by atoms with E-state index in [1.807, 2.05) is 43.3 Å². The van der Waals surface area contributed by atoms with Crippen molar-refractivity contribution in [2.24, 2.45) is 51.3 Å². The zero-order valence-electron chi connectivity index (χ0n) is 30.6. The van der Waals surface area contributed by atoms with Crippen LogP contribution in [0.4, 0.5) is 5.69 Å². The lowest BCUT2D eigenvalue weighted by atomic mass is 9.43. The number of methoxy groups -OCH3 is 1. The largest absolute Gasteiger partial charge is 0.469 e. The molecule has 49 heavy (non-hydrogen) atoms. The van der Waals surface area contributed by atoms with Crippen LogP contribution in [0.5, 0.6) is 0 Å². The fourth-order valence-electron chi connectivity index (χ4n) is 11.2. The smallest absolute Gasteiger partial charge is 0.338 e. The molecular weight excluding hydrogens is 620 g/mol. The molecule has 6 rings (SSSR count). The van der Waals surface area contributed by atoms with Gasteiger partial charge in [-0.3, -0.25) is 14.6 Å². The number of benzene rings is 1. The molecule has 4 saturated carbocycles. The molecule has 4 aliphatic carbocycles. The molecule has 0 bridgehead atoms. The standard InChI is InChI=1S/C39H58N4O6/c1-23(8-15-34(45)47-7)29-13-14-30-35-31(22-33(39(29,30)4)49-36(46)25-9-11-28(12-10-25)43(5)6)38(3)17-16-27(42-37-40-18-19-41-37)20-26(38)21-32(35)48-24(2)44/h9-12,23,26-27,29-33,35H,8,13-22H2,1-7H3,(H2,40,41,42)/t23-,26+,27-,29-,30+,31+,32-,33+,35+,38+,39-/m1/s1. The Morgan fingerprint density at radius 3 is 2.45 bits per heavy atom. The maximum Gasteiger partial charge on any atom is 0.338 e. The first-order chi connectivity index (χ1) is 23.3. The number of rotatable bonds is 9. The Balaban J connectivity index is 1.34. The number of nitrogens with one attached hydrogen (secondary N) is 2. The zero-order valence-corrected chi connectivity index (χ0v) is 30.6. The van der Waals surface area contributed by atoms with Gasteiger partial charge in [0.05, 0.1) is 19.2 Å². The topological polar surface area (TPSA) is 119 Å². The average molecular weight is 679 g/mol. The van der Waals surface area contributed by atoms with E-state index in [1.165, 1.54) is 7.11 Å². The number of hydrogen-bond donors (Lipinski definition) is 2. The van der Waals surface area contributed by atoms with Gasteiger partial charge in [-0.05, 0) is 111 Å². The molecular formula is C39H58N4O6. The third-order valence-electron chi connectivity index (χ3n) is 13.7. The van der Waals surface area contributed by atoms with E-state index in [1.54, 1.807) is 6.92 Å². The highest BCUT2D eigenvalue weighted by Gasteiger charge is 2.67. The van der Waals surface area contributed by atoms with Gasteiger partial charge in [0.25, 0.3) is 0 Å². The molecule has 2 N–H and O–H groups in total. The van der Waals surface area contributed by atoms with Crippen LogP contribution in [-0.4, -0.2) is 76.4 Å². The van der Waals surface area contributed by atoms with Crippen LogP contribution in [0.15, 0.2) is 29.3 Å². The molecule has 1 aromatic carbocycles. The lowest BCUT2D eigenvalue weighted by Gasteiger charge is -2.64. The Morgan fingerprint density at radius 2 is 1.80 bits per heavy atom. The van der Waals surface area contributed by atoms with Gasteiger partial charge in [-0.2, -0.15) is 0 Å². The van der Waals surface area contributed by atoms with Crippen molar-refractivity contribution in [1.82, 2.24) is 10.6 Å². The Bertz CT molecular complexity index is 1410. The summed E-state index contributed by atoms with van der Waals surface area (Å²) in [4.78, 5) is 45.5. The molecule has 0 amide bonds. The first-order valence-electron chi connectivity index (χ1n) is 18.6. The van der Waals surface area contributed by atoms with Crippen LogP contribution in [-0.2, 0) is 23.8 Å². The number of hydrogen-bond acceptors (Lipinski definition) is 10. The molecule has 10 nitrogen and oxygen atoms in total. The first-order valence-corrected chi connectivity index (χ1v) is 18.6. The normalized spacial score (nSPS) is 36.9. The monoisotopic (exact) mass is 678 g/mol. The minimum atomic E-state index is -0.331. The molecule has 0 spiro atoms. The number of aliphatic imine (C=N–C) groups is 1. The fraction of sp³-hybridized carbons (Fsp3) is 0.744. The van der Waals surface area contributed by atoms with Crippen molar-refractivity contribution in [3.05, 3.63) is 29.8 Å². The molecule has 0 radical (unpaired) electrons. The summed E-state index contributed by atoms with van der Waals surface area (Å²) in [5.74, 6) is 1.70. The summed E-state index contributed by atoms with van der Waals surface area (Å²) in [6.45, 7) is 10.3. The third-order valence-corrected chi connectivity index (χ3v) is 13.7. The van der Waals surface area contributed by atoms with E-state index in [9.17, 15) is 14.4 Å². The summed E-state index contributed by atoms with van der Waals surface area (Å²) in [5.41, 5.74) is 1.28. The van der Waals surface area contributed by atoms with Gasteiger partial charge in [0.1, 0.15) is 12.2 Å². The number of guanidine groups is 1. The third kappa shape index (κ3) is 6.77. The van der Waals surface area contributed by atoms with Crippen molar-refractivity contribution < 1.29 is 28.6 Å². The quantitative estimate of drug-likeness (QED) is 0.254. The van der Waals surface area contributed by atoms with Crippen molar-refractivity contribution in [3.8, 4) is 0 Å². The van der Waals surface area contributed by atoms with Gasteiger partial charge in [0, 0.05) is 57.0 Å². The average Bonchev–Trinajstić information content (AvgIpc) is 3.72. The lowest BCUT2D eigenvalue weighted by molar-refractivity contribution is -0.213. The van der Waals surface area contributed by atoms with Crippen molar-refractivity contribution >= 4 is 29.6 Å². The molecule has 10 heteroatoms.